The minimum Gasteiger partial charge on any atom is -0.330 e. The largest absolute Gasteiger partial charge is 0.330 e. The highest BCUT2D eigenvalue weighted by Crippen LogP contribution is 2.17. The second-order valence-corrected chi connectivity index (χ2v) is 3.90. The summed E-state index contributed by atoms with van der Waals surface area (Å²) in [4.78, 5) is 0. The molecule has 2 heteroatoms. The number of benzene rings is 1. The van der Waals surface area contributed by atoms with Gasteiger partial charge in [-0.15, -0.1) is 0 Å². The van der Waals surface area contributed by atoms with Crippen molar-refractivity contribution < 1.29 is 0 Å². The van der Waals surface area contributed by atoms with Crippen LogP contribution >= 0.6 is 15.9 Å². The Kier molecular flexibility index (Phi) is 4.19. The molecule has 0 aromatic heterocycles. The molecule has 0 aliphatic heterocycles. The van der Waals surface area contributed by atoms with Gasteiger partial charge in [-0.05, 0) is 43.1 Å². The van der Waals surface area contributed by atoms with Gasteiger partial charge in [-0.3, -0.25) is 0 Å². The first kappa shape index (κ1) is 10.5. The third-order valence-electron chi connectivity index (χ3n) is 1.87. The average Bonchev–Trinajstić information content (AvgIpc) is 2.11. The molecule has 70 valence electrons. The van der Waals surface area contributed by atoms with Crippen LogP contribution < -0.4 is 5.73 Å². The lowest BCUT2D eigenvalue weighted by Crippen LogP contribution is -1.95. The van der Waals surface area contributed by atoms with E-state index in [-0.39, 0.29) is 0 Å². The zero-order valence-electron chi connectivity index (χ0n) is 7.76. The van der Waals surface area contributed by atoms with E-state index in [1.54, 1.807) is 0 Å². The van der Waals surface area contributed by atoms with E-state index in [0.29, 0.717) is 6.54 Å². The van der Waals surface area contributed by atoms with Crippen LogP contribution in [-0.4, -0.2) is 6.54 Å². The van der Waals surface area contributed by atoms with Gasteiger partial charge in [-0.25, -0.2) is 0 Å². The highest BCUT2D eigenvalue weighted by Gasteiger charge is 1.93. The molecule has 1 rings (SSSR count). The van der Waals surface area contributed by atoms with Crippen molar-refractivity contribution in [1.82, 2.24) is 0 Å². The number of aryl methyl sites for hydroxylation is 1. The summed E-state index contributed by atoms with van der Waals surface area (Å²) in [6, 6.07) is 6.27. The molecular weight excluding hydrogens is 226 g/mol. The molecular formula is C11H14BrN. The van der Waals surface area contributed by atoms with Gasteiger partial charge >= 0.3 is 0 Å². The molecule has 0 heterocycles. The average molecular weight is 240 g/mol. The van der Waals surface area contributed by atoms with Crippen LogP contribution in [0.4, 0.5) is 0 Å². The molecule has 0 aliphatic rings. The van der Waals surface area contributed by atoms with E-state index in [2.05, 4.69) is 53.2 Å². The van der Waals surface area contributed by atoms with Crippen LogP contribution in [-0.2, 0) is 0 Å². The minimum absolute atomic E-state index is 0.712. The maximum Gasteiger partial charge on any atom is 0.0181 e. The Morgan fingerprint density at radius 1 is 1.46 bits per heavy atom. The normalized spacial score (nSPS) is 11.0. The fourth-order valence-electron chi connectivity index (χ4n) is 1.10. The summed E-state index contributed by atoms with van der Waals surface area (Å²) in [5.41, 5.74) is 7.94. The molecule has 0 spiro atoms. The molecule has 13 heavy (non-hydrogen) atoms. The highest BCUT2D eigenvalue weighted by atomic mass is 79.9. The molecule has 0 radical (unpaired) electrons. The fourth-order valence-corrected chi connectivity index (χ4v) is 1.48. The number of nitrogens with two attached hydrogens (primary N) is 1. The fraction of sp³-hybridized carbons (Fsp3) is 0.273. The van der Waals surface area contributed by atoms with Crippen molar-refractivity contribution in [1.29, 1.82) is 0 Å². The Bertz CT molecular complexity index is 305. The Balaban J connectivity index is 2.81. The highest BCUT2D eigenvalue weighted by molar-refractivity contribution is 9.10. The minimum atomic E-state index is 0.712. The molecule has 0 amide bonds. The third kappa shape index (κ3) is 3.33. The summed E-state index contributed by atoms with van der Waals surface area (Å²) in [5, 5.41) is 0. The van der Waals surface area contributed by atoms with E-state index in [1.807, 2.05) is 0 Å². The smallest absolute Gasteiger partial charge is 0.0181 e. The quantitative estimate of drug-likeness (QED) is 0.863. The molecule has 1 aromatic rings. The van der Waals surface area contributed by atoms with Gasteiger partial charge < -0.3 is 5.73 Å². The third-order valence-corrected chi connectivity index (χ3v) is 2.37. The van der Waals surface area contributed by atoms with Crippen molar-refractivity contribution in [2.24, 2.45) is 5.73 Å². The molecule has 0 bridgehead atoms. The molecule has 0 unspecified atom stereocenters. The maximum atomic E-state index is 5.40. The van der Waals surface area contributed by atoms with Crippen LogP contribution in [0.25, 0.3) is 6.08 Å². The van der Waals surface area contributed by atoms with Gasteiger partial charge in [0.15, 0.2) is 0 Å². The van der Waals surface area contributed by atoms with Crippen molar-refractivity contribution in [3.05, 3.63) is 39.9 Å². The second-order valence-electron chi connectivity index (χ2n) is 2.98. The predicted octanol–water partition coefficient (Wildman–Crippen LogP) is 3.12. The van der Waals surface area contributed by atoms with Crippen LogP contribution in [0, 0.1) is 6.92 Å². The molecule has 1 aromatic carbocycles. The zero-order valence-corrected chi connectivity index (χ0v) is 9.34. The van der Waals surface area contributed by atoms with Crippen molar-refractivity contribution in [3.8, 4) is 0 Å². The van der Waals surface area contributed by atoms with E-state index in [4.69, 9.17) is 5.73 Å². The lowest BCUT2D eigenvalue weighted by molar-refractivity contribution is 1.01. The van der Waals surface area contributed by atoms with E-state index in [9.17, 15) is 0 Å². The van der Waals surface area contributed by atoms with Gasteiger partial charge in [0.2, 0.25) is 0 Å². The van der Waals surface area contributed by atoms with E-state index in [0.717, 1.165) is 10.9 Å². The number of rotatable bonds is 3. The van der Waals surface area contributed by atoms with Crippen LogP contribution in [0.2, 0.25) is 0 Å². The van der Waals surface area contributed by atoms with Gasteiger partial charge in [-0.2, -0.15) is 0 Å². The van der Waals surface area contributed by atoms with Crippen LogP contribution in [0.1, 0.15) is 17.5 Å². The van der Waals surface area contributed by atoms with Crippen molar-refractivity contribution >= 4 is 22.0 Å². The first-order valence-corrected chi connectivity index (χ1v) is 5.16. The van der Waals surface area contributed by atoms with Crippen molar-refractivity contribution in [3.63, 3.8) is 0 Å². The lowest BCUT2D eigenvalue weighted by atomic mass is 10.1. The van der Waals surface area contributed by atoms with Gasteiger partial charge in [0.1, 0.15) is 0 Å². The summed E-state index contributed by atoms with van der Waals surface area (Å²) in [7, 11) is 0. The molecule has 2 N–H and O–H groups in total. The number of halogens is 1. The van der Waals surface area contributed by atoms with Gasteiger partial charge in [-0.1, -0.05) is 34.1 Å². The van der Waals surface area contributed by atoms with Crippen LogP contribution in [0.3, 0.4) is 0 Å². The maximum absolute atomic E-state index is 5.40. The Morgan fingerprint density at radius 2 is 2.23 bits per heavy atom. The Labute approximate surface area is 87.8 Å². The second kappa shape index (κ2) is 5.20. The predicted molar refractivity (Wildman–Crippen MR) is 61.6 cm³/mol. The number of hydrogen-bond donors (Lipinski definition) is 1. The molecule has 0 fully saturated rings. The summed E-state index contributed by atoms with van der Waals surface area (Å²) in [6.45, 7) is 2.82. The van der Waals surface area contributed by atoms with Crippen LogP contribution in [0.5, 0.6) is 0 Å². The van der Waals surface area contributed by atoms with Crippen LogP contribution in [0.15, 0.2) is 28.7 Å². The van der Waals surface area contributed by atoms with Gasteiger partial charge in [0.25, 0.3) is 0 Å². The summed E-state index contributed by atoms with van der Waals surface area (Å²) < 4.78 is 1.12. The molecule has 0 saturated carbocycles. The Hall–Kier alpha value is -0.600. The lowest BCUT2D eigenvalue weighted by Gasteiger charge is -2.00. The van der Waals surface area contributed by atoms with Crippen molar-refractivity contribution in [2.45, 2.75) is 13.3 Å². The first-order valence-electron chi connectivity index (χ1n) is 4.37. The van der Waals surface area contributed by atoms with Gasteiger partial charge in [0.05, 0.1) is 0 Å². The standard InChI is InChI=1S/C11H14BrN/c1-9-5-6-11(12)8-10(9)4-2-3-7-13/h2,4-6,8H,3,7,13H2,1H3/b4-2+. The van der Waals surface area contributed by atoms with Crippen molar-refractivity contribution in [2.75, 3.05) is 6.54 Å². The molecule has 0 atom stereocenters. The topological polar surface area (TPSA) is 26.0 Å². The summed E-state index contributed by atoms with van der Waals surface area (Å²) in [6.07, 6.45) is 5.16. The zero-order chi connectivity index (χ0) is 9.68. The summed E-state index contributed by atoms with van der Waals surface area (Å²) in [5.74, 6) is 0. The SMILES string of the molecule is Cc1ccc(Br)cc1/C=C/CCN. The molecule has 1 nitrogen and oxygen atoms in total. The Morgan fingerprint density at radius 3 is 2.92 bits per heavy atom. The van der Waals surface area contributed by atoms with E-state index in [1.165, 1.54) is 11.1 Å². The number of hydrogen-bond acceptors (Lipinski definition) is 1. The van der Waals surface area contributed by atoms with E-state index < -0.39 is 0 Å². The monoisotopic (exact) mass is 239 g/mol. The van der Waals surface area contributed by atoms with Gasteiger partial charge in [0, 0.05) is 4.47 Å². The summed E-state index contributed by atoms with van der Waals surface area (Å²) >= 11 is 3.45. The molecule has 0 saturated heterocycles. The van der Waals surface area contributed by atoms with E-state index >= 15 is 0 Å². The molecule has 0 aliphatic carbocycles. The first-order chi connectivity index (χ1) is 6.24.